The highest BCUT2D eigenvalue weighted by Crippen LogP contribution is 2.26. The minimum Gasteiger partial charge on any atom is -0.380 e. The molecule has 0 amide bonds. The van der Waals surface area contributed by atoms with E-state index >= 15 is 0 Å². The van der Waals surface area contributed by atoms with E-state index in [2.05, 4.69) is 4.90 Å². The van der Waals surface area contributed by atoms with Crippen LogP contribution in [0.5, 0.6) is 0 Å². The number of nitrogens with zero attached hydrogens (tertiary/aromatic N) is 2. The normalized spacial score (nSPS) is 36.2. The molecule has 6 heteroatoms. The second-order valence-electron chi connectivity index (χ2n) is 5.22. The molecule has 0 saturated carbocycles. The first kappa shape index (κ1) is 11.9. The van der Waals surface area contributed by atoms with Crippen LogP contribution in [0.25, 0.3) is 0 Å². The Morgan fingerprint density at radius 2 is 2.00 bits per heavy atom. The monoisotopic (exact) mass is 260 g/mol. The molecule has 0 aromatic heterocycles. The summed E-state index contributed by atoms with van der Waals surface area (Å²) in [6, 6.07) is 0.459. The molecule has 3 fully saturated rings. The zero-order valence-corrected chi connectivity index (χ0v) is 10.9. The van der Waals surface area contributed by atoms with Gasteiger partial charge in [-0.3, -0.25) is 4.90 Å². The molecule has 3 rings (SSSR count). The molecule has 3 aliphatic heterocycles. The van der Waals surface area contributed by atoms with Gasteiger partial charge in [0.15, 0.2) is 0 Å². The van der Waals surface area contributed by atoms with E-state index in [-0.39, 0.29) is 5.25 Å². The molecule has 3 heterocycles. The van der Waals surface area contributed by atoms with Gasteiger partial charge in [0.05, 0.1) is 6.61 Å². The van der Waals surface area contributed by atoms with Crippen LogP contribution in [0.15, 0.2) is 0 Å². The number of hydrogen-bond donors (Lipinski definition) is 0. The molecular weight excluding hydrogens is 240 g/mol. The van der Waals surface area contributed by atoms with E-state index in [4.69, 9.17) is 4.74 Å². The van der Waals surface area contributed by atoms with Crippen LogP contribution in [-0.2, 0) is 14.8 Å². The fourth-order valence-corrected chi connectivity index (χ4v) is 4.95. The standard InChI is InChI=1S/C11H20N2O3S/c14-17(15,11-3-7-16-9-11)13-6-5-12-4-1-2-10(12)8-13/h10-11H,1-9H2/t10-,11-/m1/s1. The molecule has 98 valence electrons. The maximum absolute atomic E-state index is 12.4. The Bertz CT molecular complexity index is 378. The predicted octanol–water partition coefficient (Wildman–Crippen LogP) is -0.115. The number of hydrogen-bond acceptors (Lipinski definition) is 4. The highest BCUT2D eigenvalue weighted by atomic mass is 32.2. The Morgan fingerprint density at radius 3 is 2.76 bits per heavy atom. The van der Waals surface area contributed by atoms with Crippen molar-refractivity contribution in [3.05, 3.63) is 0 Å². The molecule has 0 N–H and O–H groups in total. The van der Waals surface area contributed by atoms with Crippen molar-refractivity contribution in [2.45, 2.75) is 30.6 Å². The van der Waals surface area contributed by atoms with Gasteiger partial charge in [-0.25, -0.2) is 8.42 Å². The maximum atomic E-state index is 12.4. The highest BCUT2D eigenvalue weighted by Gasteiger charge is 2.40. The molecule has 0 aromatic carbocycles. The highest BCUT2D eigenvalue weighted by molar-refractivity contribution is 7.89. The Labute approximate surface area is 103 Å². The van der Waals surface area contributed by atoms with Crippen LogP contribution in [0.4, 0.5) is 0 Å². The molecule has 0 spiro atoms. The van der Waals surface area contributed by atoms with Gasteiger partial charge >= 0.3 is 0 Å². The Balaban J connectivity index is 1.71. The maximum Gasteiger partial charge on any atom is 0.219 e. The summed E-state index contributed by atoms with van der Waals surface area (Å²) >= 11 is 0. The average Bonchev–Trinajstić information content (AvgIpc) is 2.99. The van der Waals surface area contributed by atoms with Crippen molar-refractivity contribution in [2.24, 2.45) is 0 Å². The number of rotatable bonds is 2. The summed E-state index contributed by atoms with van der Waals surface area (Å²) in [5, 5.41) is -0.296. The van der Waals surface area contributed by atoms with Crippen LogP contribution in [0, 0.1) is 0 Å². The van der Waals surface area contributed by atoms with Gasteiger partial charge < -0.3 is 4.74 Å². The molecule has 0 bridgehead atoms. The molecule has 0 radical (unpaired) electrons. The van der Waals surface area contributed by atoms with Crippen LogP contribution in [0.2, 0.25) is 0 Å². The summed E-state index contributed by atoms with van der Waals surface area (Å²) in [6.07, 6.45) is 3.02. The molecule has 5 nitrogen and oxygen atoms in total. The first-order chi connectivity index (χ1) is 8.18. The zero-order chi connectivity index (χ0) is 11.9. The quantitative estimate of drug-likeness (QED) is 0.695. The van der Waals surface area contributed by atoms with E-state index in [1.165, 1.54) is 6.42 Å². The van der Waals surface area contributed by atoms with Crippen molar-refractivity contribution in [3.63, 3.8) is 0 Å². The van der Waals surface area contributed by atoms with Gasteiger partial charge in [-0.05, 0) is 25.8 Å². The molecule has 0 aliphatic carbocycles. The Morgan fingerprint density at radius 1 is 1.12 bits per heavy atom. The largest absolute Gasteiger partial charge is 0.380 e. The van der Waals surface area contributed by atoms with Gasteiger partial charge in [-0.15, -0.1) is 0 Å². The zero-order valence-electron chi connectivity index (χ0n) is 10.0. The van der Waals surface area contributed by atoms with Gasteiger partial charge in [0, 0.05) is 32.3 Å². The van der Waals surface area contributed by atoms with Crippen molar-refractivity contribution in [3.8, 4) is 0 Å². The summed E-state index contributed by atoms with van der Waals surface area (Å²) in [7, 11) is -3.12. The molecule has 3 saturated heterocycles. The number of piperazine rings is 1. The lowest BCUT2D eigenvalue weighted by Crippen LogP contribution is -2.54. The summed E-state index contributed by atoms with van der Waals surface area (Å²) < 4.78 is 31.7. The summed E-state index contributed by atoms with van der Waals surface area (Å²) in [5.41, 5.74) is 0. The molecular formula is C11H20N2O3S. The van der Waals surface area contributed by atoms with Gasteiger partial charge in [-0.1, -0.05) is 0 Å². The molecule has 17 heavy (non-hydrogen) atoms. The van der Waals surface area contributed by atoms with Gasteiger partial charge in [0.25, 0.3) is 0 Å². The van der Waals surface area contributed by atoms with Gasteiger partial charge in [0.2, 0.25) is 10.0 Å². The molecule has 0 unspecified atom stereocenters. The summed E-state index contributed by atoms with van der Waals surface area (Å²) in [6.45, 7) is 4.37. The van der Waals surface area contributed by atoms with E-state index in [0.29, 0.717) is 38.8 Å². The van der Waals surface area contributed by atoms with E-state index in [1.54, 1.807) is 4.31 Å². The molecule has 3 aliphatic rings. The van der Waals surface area contributed by atoms with Gasteiger partial charge in [0.1, 0.15) is 5.25 Å². The van der Waals surface area contributed by atoms with E-state index in [9.17, 15) is 8.42 Å². The Hall–Kier alpha value is -0.170. The van der Waals surface area contributed by atoms with Crippen molar-refractivity contribution < 1.29 is 13.2 Å². The van der Waals surface area contributed by atoms with Crippen molar-refractivity contribution in [1.82, 2.24) is 9.21 Å². The third kappa shape index (κ3) is 2.12. The lowest BCUT2D eigenvalue weighted by molar-refractivity contribution is 0.156. The van der Waals surface area contributed by atoms with E-state index in [1.807, 2.05) is 0 Å². The minimum atomic E-state index is -3.12. The van der Waals surface area contributed by atoms with Crippen LogP contribution < -0.4 is 0 Å². The van der Waals surface area contributed by atoms with Crippen molar-refractivity contribution in [2.75, 3.05) is 39.4 Å². The minimum absolute atomic E-state index is 0.296. The second kappa shape index (κ2) is 4.50. The first-order valence-electron chi connectivity index (χ1n) is 6.49. The topological polar surface area (TPSA) is 49.9 Å². The van der Waals surface area contributed by atoms with Crippen LogP contribution in [-0.4, -0.2) is 68.3 Å². The SMILES string of the molecule is O=S(=O)([C@@H]1CCOC1)N1CCN2CCC[C@@H]2C1. The van der Waals surface area contributed by atoms with Crippen LogP contribution in [0.1, 0.15) is 19.3 Å². The van der Waals surface area contributed by atoms with Gasteiger partial charge in [-0.2, -0.15) is 4.31 Å². The molecule has 0 aromatic rings. The summed E-state index contributed by atoms with van der Waals surface area (Å²) in [5.74, 6) is 0. The lowest BCUT2D eigenvalue weighted by atomic mass is 10.2. The summed E-state index contributed by atoms with van der Waals surface area (Å²) in [4.78, 5) is 2.43. The smallest absolute Gasteiger partial charge is 0.219 e. The van der Waals surface area contributed by atoms with Crippen molar-refractivity contribution >= 4 is 10.0 Å². The number of sulfonamides is 1. The second-order valence-corrected chi connectivity index (χ2v) is 7.43. The van der Waals surface area contributed by atoms with Crippen LogP contribution >= 0.6 is 0 Å². The third-order valence-corrected chi connectivity index (χ3v) is 6.48. The van der Waals surface area contributed by atoms with Crippen LogP contribution in [0.3, 0.4) is 0 Å². The fourth-order valence-electron chi connectivity index (χ4n) is 3.15. The van der Waals surface area contributed by atoms with E-state index < -0.39 is 10.0 Å². The average molecular weight is 260 g/mol. The Kier molecular flexibility index (Phi) is 3.15. The third-order valence-electron chi connectivity index (χ3n) is 4.22. The fraction of sp³-hybridized carbons (Fsp3) is 1.00. The number of fused-ring (bicyclic) bond motifs is 1. The number of ether oxygens (including phenoxy) is 1. The molecule has 2 atom stereocenters. The first-order valence-corrected chi connectivity index (χ1v) is 7.99. The lowest BCUT2D eigenvalue weighted by Gasteiger charge is -2.37. The van der Waals surface area contributed by atoms with Crippen molar-refractivity contribution in [1.29, 1.82) is 0 Å². The predicted molar refractivity (Wildman–Crippen MR) is 64.3 cm³/mol. The van der Waals surface area contributed by atoms with E-state index in [0.717, 1.165) is 19.5 Å².